The maximum absolute atomic E-state index is 11.8. The Balaban J connectivity index is 1.47. The molecule has 0 aliphatic heterocycles. The molecule has 5 heteroatoms. The molecule has 0 aliphatic rings. The number of unbranched alkanes of at least 4 members (excludes halogenated alkanes) is 5. The molecule has 2 aromatic carbocycles. The quantitative estimate of drug-likeness (QED) is 0.226. The Hall–Kier alpha value is -2.14. The van der Waals surface area contributed by atoms with Crippen LogP contribution in [-0.4, -0.2) is 30.6 Å². The molecule has 2 N–H and O–H groups in total. The second-order valence-corrected chi connectivity index (χ2v) is 8.57. The minimum Gasteiger partial charge on any atom is -0.465 e. The predicted molar refractivity (Wildman–Crippen MR) is 131 cm³/mol. The summed E-state index contributed by atoms with van der Waals surface area (Å²) in [4.78, 5) is 11.8. The van der Waals surface area contributed by atoms with E-state index in [0.29, 0.717) is 19.6 Å². The summed E-state index contributed by atoms with van der Waals surface area (Å²) in [5, 5.41) is 6.63. The summed E-state index contributed by atoms with van der Waals surface area (Å²) in [6.45, 7) is 3.34. The molecule has 0 saturated carbocycles. The molecule has 2 rings (SSSR count). The van der Waals surface area contributed by atoms with Gasteiger partial charge in [-0.15, -0.1) is 0 Å². The van der Waals surface area contributed by atoms with Crippen LogP contribution >= 0.6 is 11.8 Å². The molecule has 4 nitrogen and oxygen atoms in total. The molecule has 2 aromatic rings. The number of hydrogen-bond acceptors (Lipinski definition) is 5. The highest BCUT2D eigenvalue weighted by atomic mass is 32.2. The normalized spacial score (nSPS) is 10.6. The number of hydrogen-bond donors (Lipinski definition) is 2. The van der Waals surface area contributed by atoms with Gasteiger partial charge in [-0.2, -0.15) is 11.8 Å². The zero-order valence-corrected chi connectivity index (χ0v) is 19.0. The number of para-hydroxylation sites is 1. The molecule has 0 unspecified atom stereocenters. The summed E-state index contributed by atoms with van der Waals surface area (Å²) in [5.74, 6) is 1.93. The fraction of sp³-hybridized carbons (Fsp3) is 0.480. The van der Waals surface area contributed by atoms with Gasteiger partial charge in [-0.3, -0.25) is 4.79 Å². The maximum atomic E-state index is 11.8. The van der Waals surface area contributed by atoms with Crippen molar-refractivity contribution in [1.29, 1.82) is 0 Å². The van der Waals surface area contributed by atoms with Crippen LogP contribution < -0.4 is 10.6 Å². The Bertz CT molecular complexity index is 692. The zero-order chi connectivity index (χ0) is 21.3. The van der Waals surface area contributed by atoms with Crippen LogP contribution in [0.3, 0.4) is 0 Å². The fourth-order valence-corrected chi connectivity index (χ4v) is 3.86. The predicted octanol–water partition coefficient (Wildman–Crippen LogP) is 6.87. The number of esters is 1. The van der Waals surface area contributed by atoms with Gasteiger partial charge in [0.2, 0.25) is 0 Å². The first kappa shape index (κ1) is 24.1. The summed E-state index contributed by atoms with van der Waals surface area (Å²) in [5.41, 5.74) is 3.09. The Kier molecular flexibility index (Phi) is 12.6. The lowest BCUT2D eigenvalue weighted by atomic mass is 10.1. The van der Waals surface area contributed by atoms with Crippen molar-refractivity contribution >= 4 is 34.8 Å². The molecule has 0 heterocycles. The molecule has 0 aromatic heterocycles. The molecule has 0 bridgehead atoms. The third-order valence-corrected chi connectivity index (χ3v) is 5.77. The third-order valence-electron chi connectivity index (χ3n) is 4.74. The molecular formula is C25H36N2O2S. The second kappa shape index (κ2) is 15.7. The molecule has 164 valence electrons. The van der Waals surface area contributed by atoms with Crippen LogP contribution in [0.25, 0.3) is 0 Å². The number of carbonyl (C=O) groups is 1. The smallest absolute Gasteiger partial charge is 0.307 e. The van der Waals surface area contributed by atoms with Crippen LogP contribution in [0.2, 0.25) is 0 Å². The van der Waals surface area contributed by atoms with Gasteiger partial charge in [-0.05, 0) is 48.6 Å². The first-order valence-electron chi connectivity index (χ1n) is 11.2. The SMILES string of the molecule is CCCCCCCCSCCOC(=O)CCNc1ccc(Nc2ccccc2)cc1. The number of nitrogens with one attached hydrogen (secondary N) is 2. The van der Waals surface area contributed by atoms with Crippen LogP contribution in [0.15, 0.2) is 54.6 Å². The van der Waals surface area contributed by atoms with Gasteiger partial charge < -0.3 is 15.4 Å². The summed E-state index contributed by atoms with van der Waals surface area (Å²) < 4.78 is 5.32. The highest BCUT2D eigenvalue weighted by molar-refractivity contribution is 7.99. The Morgan fingerprint density at radius 1 is 0.833 bits per heavy atom. The number of ether oxygens (including phenoxy) is 1. The number of rotatable bonds is 16. The van der Waals surface area contributed by atoms with Crippen molar-refractivity contribution < 1.29 is 9.53 Å². The number of anilines is 3. The van der Waals surface area contributed by atoms with Gasteiger partial charge >= 0.3 is 5.97 Å². The lowest BCUT2D eigenvalue weighted by Crippen LogP contribution is -2.13. The standard InChI is InChI=1S/C25H36N2O2S/c1-2-3-4-5-6-10-20-30-21-19-29-25(28)17-18-26-22-13-15-24(16-14-22)27-23-11-8-7-9-12-23/h7-9,11-16,26-27H,2-6,10,17-21H2,1H3. The van der Waals surface area contributed by atoms with Crippen LogP contribution in [-0.2, 0) is 9.53 Å². The minimum absolute atomic E-state index is 0.134. The largest absolute Gasteiger partial charge is 0.465 e. The van der Waals surface area contributed by atoms with Crippen LogP contribution in [0.1, 0.15) is 51.9 Å². The van der Waals surface area contributed by atoms with Crippen LogP contribution in [0.5, 0.6) is 0 Å². The van der Waals surface area contributed by atoms with E-state index in [-0.39, 0.29) is 5.97 Å². The van der Waals surface area contributed by atoms with Gasteiger partial charge in [0.15, 0.2) is 0 Å². The van der Waals surface area contributed by atoms with Gasteiger partial charge in [0.05, 0.1) is 6.42 Å². The first-order valence-corrected chi connectivity index (χ1v) is 12.3. The van der Waals surface area contributed by atoms with E-state index in [1.54, 1.807) is 0 Å². The third kappa shape index (κ3) is 11.1. The number of benzene rings is 2. The van der Waals surface area contributed by atoms with Crippen molar-refractivity contribution in [2.75, 3.05) is 35.3 Å². The van der Waals surface area contributed by atoms with Gasteiger partial charge in [0, 0.05) is 29.4 Å². The lowest BCUT2D eigenvalue weighted by Gasteiger charge is -2.09. The van der Waals surface area contributed by atoms with Crippen molar-refractivity contribution in [2.24, 2.45) is 0 Å². The Morgan fingerprint density at radius 3 is 2.27 bits per heavy atom. The van der Waals surface area contributed by atoms with E-state index in [9.17, 15) is 4.79 Å². The number of carbonyl (C=O) groups excluding carboxylic acids is 1. The van der Waals surface area contributed by atoms with Crippen molar-refractivity contribution in [1.82, 2.24) is 0 Å². The van der Waals surface area contributed by atoms with Gasteiger partial charge in [0.25, 0.3) is 0 Å². The fourth-order valence-electron chi connectivity index (χ4n) is 3.04. The van der Waals surface area contributed by atoms with Crippen LogP contribution in [0, 0.1) is 0 Å². The average molecular weight is 429 g/mol. The summed E-state index contributed by atoms with van der Waals surface area (Å²) in [6.07, 6.45) is 8.34. The van der Waals surface area contributed by atoms with Crippen molar-refractivity contribution in [3.05, 3.63) is 54.6 Å². The molecule has 0 saturated heterocycles. The van der Waals surface area contributed by atoms with E-state index in [1.807, 2.05) is 66.4 Å². The van der Waals surface area contributed by atoms with E-state index in [4.69, 9.17) is 4.74 Å². The molecule has 0 atom stereocenters. The summed E-state index contributed by atoms with van der Waals surface area (Å²) >= 11 is 1.88. The monoisotopic (exact) mass is 428 g/mol. The molecule has 30 heavy (non-hydrogen) atoms. The molecule has 0 amide bonds. The molecule has 0 radical (unpaired) electrons. The number of thioether (sulfide) groups is 1. The summed E-state index contributed by atoms with van der Waals surface area (Å²) in [6, 6.07) is 18.1. The average Bonchev–Trinajstić information content (AvgIpc) is 2.77. The van der Waals surface area contributed by atoms with E-state index in [1.165, 1.54) is 44.3 Å². The molecule has 0 aliphatic carbocycles. The topological polar surface area (TPSA) is 50.4 Å². The van der Waals surface area contributed by atoms with E-state index >= 15 is 0 Å². The van der Waals surface area contributed by atoms with Gasteiger partial charge in [-0.25, -0.2) is 0 Å². The maximum Gasteiger partial charge on any atom is 0.307 e. The van der Waals surface area contributed by atoms with Crippen molar-refractivity contribution in [2.45, 2.75) is 51.9 Å². The minimum atomic E-state index is -0.134. The Labute approximate surface area is 186 Å². The Morgan fingerprint density at radius 2 is 1.50 bits per heavy atom. The lowest BCUT2D eigenvalue weighted by molar-refractivity contribution is -0.142. The molecular weight excluding hydrogens is 392 g/mol. The summed E-state index contributed by atoms with van der Waals surface area (Å²) in [7, 11) is 0. The van der Waals surface area contributed by atoms with E-state index in [2.05, 4.69) is 17.6 Å². The van der Waals surface area contributed by atoms with Gasteiger partial charge in [0.1, 0.15) is 6.61 Å². The van der Waals surface area contributed by atoms with E-state index < -0.39 is 0 Å². The van der Waals surface area contributed by atoms with E-state index in [0.717, 1.165) is 22.8 Å². The zero-order valence-electron chi connectivity index (χ0n) is 18.2. The van der Waals surface area contributed by atoms with Crippen molar-refractivity contribution in [3.63, 3.8) is 0 Å². The highest BCUT2D eigenvalue weighted by Crippen LogP contribution is 2.18. The van der Waals surface area contributed by atoms with Crippen LogP contribution in [0.4, 0.5) is 17.1 Å². The second-order valence-electron chi connectivity index (χ2n) is 7.35. The molecule has 0 spiro atoms. The van der Waals surface area contributed by atoms with Gasteiger partial charge in [-0.1, -0.05) is 57.2 Å². The highest BCUT2D eigenvalue weighted by Gasteiger charge is 2.03. The van der Waals surface area contributed by atoms with Crippen molar-refractivity contribution in [3.8, 4) is 0 Å². The first-order chi connectivity index (χ1) is 14.8. The molecule has 0 fully saturated rings.